The summed E-state index contributed by atoms with van der Waals surface area (Å²) in [5.74, 6) is -1.06. The average molecular weight is 250 g/mol. The van der Waals surface area contributed by atoms with Gasteiger partial charge in [0.15, 0.2) is 0 Å². The van der Waals surface area contributed by atoms with Gasteiger partial charge in [-0.15, -0.1) is 0 Å². The second-order valence-electron chi connectivity index (χ2n) is 4.21. The van der Waals surface area contributed by atoms with E-state index in [1.54, 1.807) is 19.1 Å². The maximum Gasteiger partial charge on any atom is 0.337 e. The Hall–Kier alpha value is -2.04. The monoisotopic (exact) mass is 250 g/mol. The van der Waals surface area contributed by atoms with Gasteiger partial charge in [0.05, 0.1) is 11.3 Å². The van der Waals surface area contributed by atoms with Crippen molar-refractivity contribution in [1.82, 2.24) is 5.32 Å². The Balaban J connectivity index is 2.90. The fourth-order valence-electron chi connectivity index (χ4n) is 1.49. The summed E-state index contributed by atoms with van der Waals surface area (Å²) in [7, 11) is 0. The van der Waals surface area contributed by atoms with Crippen LogP contribution < -0.4 is 10.6 Å². The number of aryl methyl sites for hydroxylation is 1. The van der Waals surface area contributed by atoms with Crippen LogP contribution in [0.3, 0.4) is 0 Å². The Morgan fingerprint density at radius 3 is 2.61 bits per heavy atom. The third kappa shape index (κ3) is 3.48. The number of rotatable bonds is 4. The van der Waals surface area contributed by atoms with Crippen molar-refractivity contribution >= 4 is 17.7 Å². The van der Waals surface area contributed by atoms with Crippen molar-refractivity contribution in [3.8, 4) is 0 Å². The number of carboxylic acid groups (broad SMARTS) is 1. The highest BCUT2D eigenvalue weighted by Gasteiger charge is 2.14. The van der Waals surface area contributed by atoms with Gasteiger partial charge in [0.2, 0.25) is 0 Å². The first kappa shape index (κ1) is 14.0. The summed E-state index contributed by atoms with van der Waals surface area (Å²) in [4.78, 5) is 22.8. The number of amides is 2. The lowest BCUT2D eigenvalue weighted by Gasteiger charge is -2.15. The van der Waals surface area contributed by atoms with E-state index in [-0.39, 0.29) is 17.6 Å². The zero-order valence-electron chi connectivity index (χ0n) is 10.8. The van der Waals surface area contributed by atoms with Gasteiger partial charge in [0.25, 0.3) is 0 Å². The van der Waals surface area contributed by atoms with E-state index in [1.165, 1.54) is 6.07 Å². The second kappa shape index (κ2) is 6.05. The van der Waals surface area contributed by atoms with Gasteiger partial charge in [0, 0.05) is 6.04 Å². The minimum absolute atomic E-state index is 0.0438. The van der Waals surface area contributed by atoms with E-state index in [1.807, 2.05) is 13.8 Å². The highest BCUT2D eigenvalue weighted by Crippen LogP contribution is 2.20. The van der Waals surface area contributed by atoms with E-state index in [0.29, 0.717) is 11.3 Å². The van der Waals surface area contributed by atoms with Crippen LogP contribution in [0.25, 0.3) is 0 Å². The third-order valence-electron chi connectivity index (χ3n) is 2.73. The zero-order valence-corrected chi connectivity index (χ0v) is 10.8. The van der Waals surface area contributed by atoms with Crippen molar-refractivity contribution in [2.24, 2.45) is 0 Å². The molecule has 3 N–H and O–H groups in total. The Morgan fingerprint density at radius 2 is 2.06 bits per heavy atom. The molecular weight excluding hydrogens is 232 g/mol. The minimum Gasteiger partial charge on any atom is -0.478 e. The van der Waals surface area contributed by atoms with E-state index in [0.717, 1.165) is 6.42 Å². The molecule has 0 heterocycles. The normalized spacial score (nSPS) is 11.7. The molecule has 0 aliphatic rings. The van der Waals surface area contributed by atoms with Crippen LogP contribution in [0.4, 0.5) is 10.5 Å². The average Bonchev–Trinajstić information content (AvgIpc) is 2.31. The van der Waals surface area contributed by atoms with Gasteiger partial charge >= 0.3 is 12.0 Å². The van der Waals surface area contributed by atoms with Crippen LogP contribution in [0.2, 0.25) is 0 Å². The number of benzene rings is 1. The van der Waals surface area contributed by atoms with Gasteiger partial charge < -0.3 is 15.7 Å². The predicted molar refractivity (Wildman–Crippen MR) is 70.0 cm³/mol. The maximum atomic E-state index is 11.7. The Bertz CT molecular complexity index is 458. The van der Waals surface area contributed by atoms with Crippen LogP contribution in [-0.4, -0.2) is 23.1 Å². The topological polar surface area (TPSA) is 78.4 Å². The number of carbonyl (C=O) groups excluding carboxylic acids is 1. The van der Waals surface area contributed by atoms with Crippen LogP contribution in [0.1, 0.15) is 36.2 Å². The van der Waals surface area contributed by atoms with E-state index in [9.17, 15) is 9.59 Å². The second-order valence-corrected chi connectivity index (χ2v) is 4.21. The minimum atomic E-state index is -1.06. The van der Waals surface area contributed by atoms with Crippen molar-refractivity contribution in [3.63, 3.8) is 0 Å². The van der Waals surface area contributed by atoms with E-state index < -0.39 is 5.97 Å². The van der Waals surface area contributed by atoms with Crippen LogP contribution in [0.15, 0.2) is 18.2 Å². The lowest BCUT2D eigenvalue weighted by atomic mass is 10.1. The third-order valence-corrected chi connectivity index (χ3v) is 2.73. The lowest BCUT2D eigenvalue weighted by Crippen LogP contribution is -2.36. The molecule has 0 radical (unpaired) electrons. The molecule has 5 heteroatoms. The molecule has 0 saturated heterocycles. The number of hydrogen-bond acceptors (Lipinski definition) is 2. The number of carboxylic acids is 1. The SMILES string of the molecule is CCC(C)NC(=O)Nc1c(C)cccc1C(=O)O. The fourth-order valence-corrected chi connectivity index (χ4v) is 1.49. The molecule has 1 rings (SSSR count). The molecule has 0 spiro atoms. The number of aromatic carboxylic acids is 1. The number of urea groups is 1. The molecule has 0 aliphatic heterocycles. The molecule has 0 bridgehead atoms. The fraction of sp³-hybridized carbons (Fsp3) is 0.385. The van der Waals surface area contributed by atoms with Crippen molar-refractivity contribution in [2.75, 3.05) is 5.32 Å². The summed E-state index contributed by atoms with van der Waals surface area (Å²) in [5, 5.41) is 14.4. The number of para-hydroxylation sites is 1. The molecule has 1 unspecified atom stereocenters. The maximum absolute atomic E-state index is 11.7. The molecule has 0 aromatic heterocycles. The highest BCUT2D eigenvalue weighted by molar-refractivity contribution is 6.01. The lowest BCUT2D eigenvalue weighted by molar-refractivity contribution is 0.0698. The molecule has 2 amide bonds. The van der Waals surface area contributed by atoms with Crippen LogP contribution in [0.5, 0.6) is 0 Å². The smallest absolute Gasteiger partial charge is 0.337 e. The molecule has 0 aliphatic carbocycles. The van der Waals surface area contributed by atoms with E-state index in [4.69, 9.17) is 5.11 Å². The van der Waals surface area contributed by atoms with Crippen molar-refractivity contribution in [1.29, 1.82) is 0 Å². The molecule has 98 valence electrons. The summed E-state index contributed by atoms with van der Waals surface area (Å²) in [6, 6.07) is 4.53. The summed E-state index contributed by atoms with van der Waals surface area (Å²) in [5.41, 5.74) is 1.15. The van der Waals surface area contributed by atoms with Gasteiger partial charge in [0.1, 0.15) is 0 Å². The first-order valence-electron chi connectivity index (χ1n) is 5.86. The Labute approximate surface area is 106 Å². The summed E-state index contributed by atoms with van der Waals surface area (Å²) < 4.78 is 0. The Morgan fingerprint density at radius 1 is 1.39 bits per heavy atom. The molecule has 0 saturated carbocycles. The van der Waals surface area contributed by atoms with Gasteiger partial charge in [-0.05, 0) is 31.9 Å². The van der Waals surface area contributed by atoms with Crippen molar-refractivity contribution < 1.29 is 14.7 Å². The molecule has 1 aromatic carbocycles. The quantitative estimate of drug-likeness (QED) is 0.768. The van der Waals surface area contributed by atoms with Gasteiger partial charge in [-0.25, -0.2) is 9.59 Å². The van der Waals surface area contributed by atoms with Crippen molar-refractivity contribution in [2.45, 2.75) is 33.2 Å². The first-order valence-corrected chi connectivity index (χ1v) is 5.86. The Kier molecular flexibility index (Phi) is 4.71. The molecule has 1 atom stereocenters. The van der Waals surface area contributed by atoms with Gasteiger partial charge in [-0.2, -0.15) is 0 Å². The molecule has 5 nitrogen and oxygen atoms in total. The van der Waals surface area contributed by atoms with Crippen LogP contribution >= 0.6 is 0 Å². The van der Waals surface area contributed by atoms with E-state index >= 15 is 0 Å². The predicted octanol–water partition coefficient (Wildman–Crippen LogP) is 2.61. The highest BCUT2D eigenvalue weighted by atomic mass is 16.4. The summed E-state index contributed by atoms with van der Waals surface area (Å²) in [6.45, 7) is 5.60. The molecule has 1 aromatic rings. The number of hydrogen-bond donors (Lipinski definition) is 3. The van der Waals surface area contributed by atoms with Gasteiger partial charge in [-0.3, -0.25) is 0 Å². The number of anilines is 1. The largest absolute Gasteiger partial charge is 0.478 e. The summed E-state index contributed by atoms with van der Waals surface area (Å²) in [6.07, 6.45) is 0.812. The van der Waals surface area contributed by atoms with Gasteiger partial charge in [-0.1, -0.05) is 19.1 Å². The first-order chi connectivity index (χ1) is 8.45. The zero-order chi connectivity index (χ0) is 13.7. The molecule has 18 heavy (non-hydrogen) atoms. The van der Waals surface area contributed by atoms with E-state index in [2.05, 4.69) is 10.6 Å². The standard InChI is InChI=1S/C13H18N2O3/c1-4-9(3)14-13(18)15-11-8(2)6-5-7-10(11)12(16)17/h5-7,9H,4H2,1-3H3,(H,16,17)(H2,14,15,18). The van der Waals surface area contributed by atoms with Crippen LogP contribution in [0, 0.1) is 6.92 Å². The molecule has 0 fully saturated rings. The number of nitrogens with one attached hydrogen (secondary N) is 2. The summed E-state index contributed by atoms with van der Waals surface area (Å²) >= 11 is 0. The van der Waals surface area contributed by atoms with Crippen LogP contribution in [-0.2, 0) is 0 Å². The number of carbonyl (C=O) groups is 2. The van der Waals surface area contributed by atoms with Crippen molar-refractivity contribution in [3.05, 3.63) is 29.3 Å². The molecular formula is C13H18N2O3.